The van der Waals surface area contributed by atoms with Gasteiger partial charge in [-0.1, -0.05) is 18.2 Å². The molecule has 0 aromatic heterocycles. The van der Waals surface area contributed by atoms with Gasteiger partial charge in [-0.05, 0) is 42.9 Å². The zero-order valence-corrected chi connectivity index (χ0v) is 21.6. The highest BCUT2D eigenvalue weighted by molar-refractivity contribution is 14.0. The lowest BCUT2D eigenvalue weighted by molar-refractivity contribution is 0.322. The number of nitrogens with one attached hydrogen (secondary N) is 2. The fraction of sp³-hybridized carbons (Fsp3) is 0.409. The van der Waals surface area contributed by atoms with Crippen molar-refractivity contribution in [1.82, 2.24) is 10.6 Å². The Bertz CT molecular complexity index is 847. The zero-order valence-electron chi connectivity index (χ0n) is 18.5. The van der Waals surface area contributed by atoms with E-state index in [9.17, 15) is 0 Å². The van der Waals surface area contributed by atoms with E-state index >= 15 is 0 Å². The highest BCUT2D eigenvalue weighted by Crippen LogP contribution is 2.39. The minimum absolute atomic E-state index is 0. The third-order valence-electron chi connectivity index (χ3n) is 4.58. The molecule has 0 spiro atoms. The van der Waals surface area contributed by atoms with Crippen LogP contribution in [-0.4, -0.2) is 47.1 Å². The van der Waals surface area contributed by atoms with Gasteiger partial charge in [0.15, 0.2) is 17.5 Å². The number of nitrogens with zero attached hydrogens (tertiary/aromatic N) is 1. The van der Waals surface area contributed by atoms with Crippen molar-refractivity contribution in [3.05, 3.63) is 47.0 Å². The largest absolute Gasteiger partial charge is 0.493 e. The summed E-state index contributed by atoms with van der Waals surface area (Å²) in [7, 11) is 6.64. The molecule has 0 fully saturated rings. The number of aliphatic imine (C=N–C) groups is 1. The second-order valence-electron chi connectivity index (χ2n) is 6.41. The van der Waals surface area contributed by atoms with Crippen LogP contribution >= 0.6 is 35.7 Å². The Hall–Kier alpha value is -1.81. The third kappa shape index (κ3) is 6.87. The highest BCUT2D eigenvalue weighted by Gasteiger charge is 2.15. The summed E-state index contributed by atoms with van der Waals surface area (Å²) >= 11 is 1.76. The van der Waals surface area contributed by atoms with Crippen molar-refractivity contribution in [2.45, 2.75) is 24.8 Å². The zero-order chi connectivity index (χ0) is 21.2. The number of hydrogen-bond acceptors (Lipinski definition) is 5. The maximum Gasteiger partial charge on any atom is 0.203 e. The van der Waals surface area contributed by atoms with Gasteiger partial charge in [0.2, 0.25) is 5.75 Å². The first-order chi connectivity index (χ1) is 14.1. The molecule has 0 radical (unpaired) electrons. The molecule has 0 unspecified atom stereocenters. The van der Waals surface area contributed by atoms with Gasteiger partial charge in [-0.15, -0.1) is 35.7 Å². The molecule has 0 aliphatic heterocycles. The van der Waals surface area contributed by atoms with Crippen LogP contribution < -0.4 is 24.8 Å². The number of benzene rings is 2. The Morgan fingerprint density at radius 2 is 1.67 bits per heavy atom. The van der Waals surface area contributed by atoms with Crippen LogP contribution in [0.2, 0.25) is 0 Å². The van der Waals surface area contributed by atoms with E-state index in [0.717, 1.165) is 24.5 Å². The molecular formula is C22H32IN3O3S. The molecule has 0 atom stereocenters. The number of methoxy groups -OCH3 is 3. The fourth-order valence-corrected chi connectivity index (χ4v) is 3.78. The van der Waals surface area contributed by atoms with Crippen molar-refractivity contribution in [3.8, 4) is 17.2 Å². The topological polar surface area (TPSA) is 64.1 Å². The molecule has 0 bridgehead atoms. The molecule has 2 rings (SSSR count). The van der Waals surface area contributed by atoms with Crippen molar-refractivity contribution < 1.29 is 14.2 Å². The van der Waals surface area contributed by atoms with E-state index in [1.165, 1.54) is 16.0 Å². The van der Waals surface area contributed by atoms with Crippen LogP contribution in [0.5, 0.6) is 17.2 Å². The van der Waals surface area contributed by atoms with Crippen molar-refractivity contribution in [2.75, 3.05) is 41.2 Å². The van der Waals surface area contributed by atoms with Crippen molar-refractivity contribution in [2.24, 2.45) is 4.99 Å². The van der Waals surface area contributed by atoms with Crippen LogP contribution in [0.15, 0.2) is 40.2 Å². The molecule has 0 amide bonds. The Labute approximate surface area is 201 Å². The summed E-state index contributed by atoms with van der Waals surface area (Å²) in [4.78, 5) is 5.60. The molecule has 8 heteroatoms. The van der Waals surface area contributed by atoms with E-state index in [1.807, 2.05) is 12.1 Å². The molecule has 30 heavy (non-hydrogen) atoms. The van der Waals surface area contributed by atoms with E-state index < -0.39 is 0 Å². The molecule has 0 saturated heterocycles. The maximum atomic E-state index is 5.55. The lowest BCUT2D eigenvalue weighted by atomic mass is 10.1. The van der Waals surface area contributed by atoms with Crippen LogP contribution in [0.1, 0.15) is 16.7 Å². The van der Waals surface area contributed by atoms with E-state index in [-0.39, 0.29) is 24.0 Å². The predicted octanol–water partition coefficient (Wildman–Crippen LogP) is 4.27. The third-order valence-corrected chi connectivity index (χ3v) is 5.40. The Balaban J connectivity index is 0.00000450. The molecule has 0 aliphatic carbocycles. The highest BCUT2D eigenvalue weighted by atomic mass is 127. The summed E-state index contributed by atoms with van der Waals surface area (Å²) in [6, 6.07) is 10.4. The molecule has 2 aromatic rings. The lowest BCUT2D eigenvalue weighted by Gasteiger charge is -2.17. The van der Waals surface area contributed by atoms with Crippen LogP contribution in [-0.2, 0) is 13.0 Å². The van der Waals surface area contributed by atoms with E-state index in [0.29, 0.717) is 23.8 Å². The number of ether oxygens (including phenoxy) is 3. The van der Waals surface area contributed by atoms with E-state index in [2.05, 4.69) is 47.0 Å². The quantitative estimate of drug-likeness (QED) is 0.213. The van der Waals surface area contributed by atoms with Gasteiger partial charge in [-0.25, -0.2) is 0 Å². The minimum Gasteiger partial charge on any atom is -0.493 e. The fourth-order valence-electron chi connectivity index (χ4n) is 3.07. The minimum atomic E-state index is 0. The first-order valence-corrected chi connectivity index (χ1v) is 10.7. The van der Waals surface area contributed by atoms with Gasteiger partial charge in [0.05, 0.1) is 21.3 Å². The number of thioether (sulfide) groups is 1. The molecule has 6 nitrogen and oxygen atoms in total. The van der Waals surface area contributed by atoms with Crippen LogP contribution in [0.4, 0.5) is 0 Å². The standard InChI is InChI=1S/C22H31N3O3S.HI/c1-15-7-8-17(19(13-15)29-6)14-25-22(23-2)24-12-11-16-9-10-18(26-3)21(28-5)20(16)27-4;/h7-10,13H,11-12,14H2,1-6H3,(H2,23,24,25);1H. The normalized spacial score (nSPS) is 10.8. The smallest absolute Gasteiger partial charge is 0.203 e. The van der Waals surface area contributed by atoms with E-state index in [4.69, 9.17) is 14.2 Å². The van der Waals surface area contributed by atoms with Gasteiger partial charge < -0.3 is 24.8 Å². The molecule has 2 N–H and O–H groups in total. The van der Waals surface area contributed by atoms with Crippen LogP contribution in [0.25, 0.3) is 0 Å². The van der Waals surface area contributed by atoms with Gasteiger partial charge in [0, 0.05) is 30.6 Å². The Morgan fingerprint density at radius 3 is 2.27 bits per heavy atom. The Kier molecular flexibility index (Phi) is 11.8. The molecule has 0 saturated carbocycles. The summed E-state index contributed by atoms with van der Waals surface area (Å²) in [5.74, 6) is 2.72. The van der Waals surface area contributed by atoms with Crippen molar-refractivity contribution in [1.29, 1.82) is 0 Å². The molecular weight excluding hydrogens is 513 g/mol. The van der Waals surface area contributed by atoms with Gasteiger partial charge in [-0.3, -0.25) is 4.99 Å². The SMILES string of the molecule is CN=C(NCCc1ccc(OC)c(OC)c1OC)NCc1ccc(C)cc1SC.I. The number of guanidine groups is 1. The molecule has 0 aliphatic rings. The van der Waals surface area contributed by atoms with E-state index in [1.54, 1.807) is 40.1 Å². The van der Waals surface area contributed by atoms with Gasteiger partial charge >= 0.3 is 0 Å². The molecule has 166 valence electrons. The van der Waals surface area contributed by atoms with Crippen LogP contribution in [0, 0.1) is 6.92 Å². The average Bonchev–Trinajstić information content (AvgIpc) is 2.75. The molecule has 2 aromatic carbocycles. The number of aryl methyl sites for hydroxylation is 1. The monoisotopic (exact) mass is 545 g/mol. The predicted molar refractivity (Wildman–Crippen MR) is 136 cm³/mol. The van der Waals surface area contributed by atoms with Gasteiger partial charge in [0.1, 0.15) is 0 Å². The summed E-state index contributed by atoms with van der Waals surface area (Å²) in [6.45, 7) is 3.53. The second kappa shape index (κ2) is 13.5. The van der Waals surface area contributed by atoms with Crippen molar-refractivity contribution >= 4 is 41.7 Å². The number of rotatable bonds is 9. The van der Waals surface area contributed by atoms with Gasteiger partial charge in [-0.2, -0.15) is 0 Å². The second-order valence-corrected chi connectivity index (χ2v) is 7.26. The molecule has 0 heterocycles. The summed E-state index contributed by atoms with van der Waals surface area (Å²) < 4.78 is 16.4. The van der Waals surface area contributed by atoms with Crippen molar-refractivity contribution in [3.63, 3.8) is 0 Å². The number of halogens is 1. The first-order valence-electron chi connectivity index (χ1n) is 9.43. The Morgan fingerprint density at radius 1 is 0.967 bits per heavy atom. The first kappa shape index (κ1) is 26.2. The summed E-state index contributed by atoms with van der Waals surface area (Å²) in [5, 5.41) is 6.74. The van der Waals surface area contributed by atoms with Crippen LogP contribution in [0.3, 0.4) is 0 Å². The number of hydrogen-bond donors (Lipinski definition) is 2. The average molecular weight is 545 g/mol. The van der Waals surface area contributed by atoms with Gasteiger partial charge in [0.25, 0.3) is 0 Å². The summed E-state index contributed by atoms with van der Waals surface area (Å²) in [5.41, 5.74) is 3.56. The lowest BCUT2D eigenvalue weighted by Crippen LogP contribution is -2.38. The summed E-state index contributed by atoms with van der Waals surface area (Å²) in [6.07, 6.45) is 2.85. The maximum absolute atomic E-state index is 5.55.